The molecular formula is C31H41NO13S. The van der Waals surface area contributed by atoms with Crippen molar-refractivity contribution >= 4 is 47.0 Å². The number of aliphatic carboxylic acids is 3. The number of para-hydroxylation sites is 2. The van der Waals surface area contributed by atoms with Crippen molar-refractivity contribution in [2.45, 2.75) is 9.79 Å². The molecule has 0 radical (unpaired) electrons. The molecule has 2 aromatic carbocycles. The van der Waals surface area contributed by atoms with Gasteiger partial charge in [0.25, 0.3) is 0 Å². The summed E-state index contributed by atoms with van der Waals surface area (Å²) >= 11 is 1.82. The number of hydrogen-bond acceptors (Lipinski definition) is 12. The van der Waals surface area contributed by atoms with Crippen molar-refractivity contribution in [2.75, 3.05) is 45.0 Å². The number of carboxylic acid groups (broad SMARTS) is 3. The number of aliphatic hydroxyl groups is 5. The summed E-state index contributed by atoms with van der Waals surface area (Å²) in [5.41, 5.74) is 1.30. The van der Waals surface area contributed by atoms with Gasteiger partial charge in [-0.1, -0.05) is 62.3 Å². The minimum absolute atomic E-state index is 0.0465. The van der Waals surface area contributed by atoms with Crippen molar-refractivity contribution in [2.24, 2.45) is 5.41 Å². The Bertz CT molecular complexity index is 1080. The lowest BCUT2D eigenvalue weighted by Gasteiger charge is -2.23. The maximum absolute atomic E-state index is 10.1. The van der Waals surface area contributed by atoms with Crippen molar-refractivity contribution in [1.82, 2.24) is 0 Å². The van der Waals surface area contributed by atoms with Crippen LogP contribution >= 0.6 is 11.8 Å². The van der Waals surface area contributed by atoms with Gasteiger partial charge in [0.1, 0.15) is 6.61 Å². The highest BCUT2D eigenvalue weighted by atomic mass is 32.2. The van der Waals surface area contributed by atoms with E-state index in [-0.39, 0.29) is 13.2 Å². The van der Waals surface area contributed by atoms with Crippen LogP contribution in [0.4, 0.5) is 11.4 Å². The summed E-state index contributed by atoms with van der Waals surface area (Å²) in [4.78, 5) is 40.5. The van der Waals surface area contributed by atoms with Gasteiger partial charge in [0.05, 0.1) is 49.8 Å². The van der Waals surface area contributed by atoms with E-state index in [1.807, 2.05) is 11.8 Å². The molecule has 46 heavy (non-hydrogen) atoms. The zero-order valence-electron chi connectivity index (χ0n) is 25.0. The minimum atomic E-state index is -1.11. The highest BCUT2D eigenvalue weighted by Crippen LogP contribution is 2.43. The second-order valence-electron chi connectivity index (χ2n) is 8.07. The summed E-state index contributed by atoms with van der Waals surface area (Å²) < 4.78 is 4.33. The Morgan fingerprint density at radius 2 is 0.978 bits per heavy atom. The summed E-state index contributed by atoms with van der Waals surface area (Å²) in [5.74, 6) is -3.45. The number of ether oxygens (including phenoxy) is 1. The van der Waals surface area contributed by atoms with Crippen molar-refractivity contribution in [3.63, 3.8) is 0 Å². The lowest BCUT2D eigenvalue weighted by molar-refractivity contribution is -0.138. The first-order valence-electron chi connectivity index (χ1n) is 12.8. The molecule has 14 nitrogen and oxygen atoms in total. The molecule has 0 saturated carbocycles. The standard InChI is InChI=1S/C12H9NS.C5H12O4.C5H8O3.3C3H4O2/c1-3-7-11-9(5-1)13-10-6-2-4-8-12(10)14-11;6-1-5(2-7,3-8)4-9;1-2-5(7)8-4-3-6;3*1-2-3(4)5/h1-8,13H;6-9H,1-4H2;2,6H,1,3-4H2;3*2H,1H2,(H,4,5). The Hall–Kier alpha value is -4.77. The van der Waals surface area contributed by atoms with Gasteiger partial charge >= 0.3 is 23.9 Å². The number of nitrogens with one attached hydrogen (secondary N) is 1. The van der Waals surface area contributed by atoms with Gasteiger partial charge in [0.2, 0.25) is 0 Å². The Balaban J connectivity index is -0.000000513. The predicted octanol–water partition coefficient (Wildman–Crippen LogP) is 2.32. The van der Waals surface area contributed by atoms with E-state index < -0.39 is 55.7 Å². The molecule has 0 unspecified atom stereocenters. The monoisotopic (exact) mass is 667 g/mol. The first-order valence-corrected chi connectivity index (χ1v) is 13.6. The van der Waals surface area contributed by atoms with E-state index in [1.54, 1.807) is 0 Å². The first kappa shape index (κ1) is 45.7. The van der Waals surface area contributed by atoms with E-state index in [4.69, 9.17) is 40.9 Å². The number of rotatable bonds is 10. The van der Waals surface area contributed by atoms with Crippen LogP contribution in [0.1, 0.15) is 0 Å². The molecule has 0 aliphatic carbocycles. The number of esters is 1. The molecule has 0 aromatic heterocycles. The van der Waals surface area contributed by atoms with Gasteiger partial charge in [-0.25, -0.2) is 19.2 Å². The van der Waals surface area contributed by atoms with Crippen LogP contribution in [0.25, 0.3) is 0 Å². The molecule has 1 aliphatic heterocycles. The highest BCUT2D eigenvalue weighted by Gasteiger charge is 2.26. The third-order valence-electron chi connectivity index (χ3n) is 4.63. The summed E-state index contributed by atoms with van der Waals surface area (Å²) in [7, 11) is 0. The third-order valence-corrected chi connectivity index (χ3v) is 5.78. The number of carbonyl (C=O) groups is 4. The summed E-state index contributed by atoms with van der Waals surface area (Å²) in [5, 5.41) is 68.3. The summed E-state index contributed by atoms with van der Waals surface area (Å²) in [6.07, 6.45) is 3.55. The number of hydrogen-bond donors (Lipinski definition) is 9. The van der Waals surface area contributed by atoms with Gasteiger partial charge in [-0.15, -0.1) is 0 Å². The van der Waals surface area contributed by atoms with Gasteiger partial charge in [0, 0.05) is 34.1 Å². The average Bonchev–Trinajstić information content (AvgIpc) is 3.08. The predicted molar refractivity (Wildman–Crippen MR) is 173 cm³/mol. The van der Waals surface area contributed by atoms with Crippen molar-refractivity contribution in [1.29, 1.82) is 0 Å². The largest absolute Gasteiger partial charge is 0.478 e. The third kappa shape index (κ3) is 23.7. The average molecular weight is 668 g/mol. The van der Waals surface area contributed by atoms with Crippen LogP contribution in [0.15, 0.2) is 109 Å². The lowest BCUT2D eigenvalue weighted by atomic mass is 9.93. The van der Waals surface area contributed by atoms with E-state index in [1.165, 1.54) is 21.2 Å². The van der Waals surface area contributed by atoms with Crippen molar-refractivity contribution < 1.29 is 64.8 Å². The van der Waals surface area contributed by atoms with Crippen LogP contribution in [0.5, 0.6) is 0 Å². The molecule has 0 bridgehead atoms. The molecular weight excluding hydrogens is 626 g/mol. The van der Waals surface area contributed by atoms with Crippen LogP contribution in [0.3, 0.4) is 0 Å². The minimum Gasteiger partial charge on any atom is -0.478 e. The molecule has 254 valence electrons. The number of anilines is 2. The number of carboxylic acids is 3. The number of fused-ring (bicyclic) bond motifs is 2. The molecule has 3 rings (SSSR count). The highest BCUT2D eigenvalue weighted by molar-refractivity contribution is 7.99. The van der Waals surface area contributed by atoms with E-state index >= 15 is 0 Å². The second kappa shape index (κ2) is 29.0. The van der Waals surface area contributed by atoms with E-state index in [2.05, 4.69) is 84.9 Å². The van der Waals surface area contributed by atoms with E-state index in [9.17, 15) is 19.2 Å². The molecule has 0 fully saturated rings. The van der Waals surface area contributed by atoms with Crippen LogP contribution in [-0.4, -0.2) is 104 Å². The summed E-state index contributed by atoms with van der Waals surface area (Å²) in [6.45, 7) is 10.3. The number of carbonyl (C=O) groups excluding carboxylic acids is 1. The van der Waals surface area contributed by atoms with Crippen molar-refractivity contribution in [3.8, 4) is 0 Å². The maximum atomic E-state index is 10.1. The Morgan fingerprint density at radius 1 is 0.652 bits per heavy atom. The molecule has 1 aliphatic rings. The number of aliphatic hydroxyl groups excluding tert-OH is 5. The Morgan fingerprint density at radius 3 is 1.22 bits per heavy atom. The molecule has 2 aromatic rings. The van der Waals surface area contributed by atoms with E-state index in [0.717, 1.165) is 24.3 Å². The number of benzene rings is 2. The maximum Gasteiger partial charge on any atom is 0.330 e. The van der Waals surface area contributed by atoms with Crippen molar-refractivity contribution in [3.05, 3.63) is 99.2 Å². The van der Waals surface area contributed by atoms with Gasteiger partial charge < -0.3 is 50.9 Å². The molecule has 9 N–H and O–H groups in total. The quantitative estimate of drug-likeness (QED) is 0.111. The van der Waals surface area contributed by atoms with Gasteiger partial charge in [-0.3, -0.25) is 0 Å². The lowest BCUT2D eigenvalue weighted by Crippen LogP contribution is -2.37. The van der Waals surface area contributed by atoms with Crippen LogP contribution < -0.4 is 5.32 Å². The molecule has 0 saturated heterocycles. The topological polar surface area (TPSA) is 251 Å². The molecule has 0 amide bonds. The van der Waals surface area contributed by atoms with Gasteiger partial charge in [-0.2, -0.15) is 0 Å². The fraction of sp³-hybridized carbons (Fsp3) is 0.226. The van der Waals surface area contributed by atoms with Gasteiger partial charge in [-0.05, 0) is 24.3 Å². The van der Waals surface area contributed by atoms with Gasteiger partial charge in [0.15, 0.2) is 0 Å². The molecule has 0 spiro atoms. The molecule has 1 heterocycles. The molecule has 15 heteroatoms. The smallest absolute Gasteiger partial charge is 0.330 e. The van der Waals surface area contributed by atoms with E-state index in [0.29, 0.717) is 0 Å². The zero-order valence-corrected chi connectivity index (χ0v) is 25.8. The summed E-state index contributed by atoms with van der Waals surface area (Å²) in [6, 6.07) is 16.8. The normalized spacial score (nSPS) is 9.67. The zero-order chi connectivity index (χ0) is 36.0. The first-order chi connectivity index (χ1) is 21.8. The molecule has 0 atom stereocenters. The van der Waals surface area contributed by atoms with Crippen LogP contribution in [-0.2, 0) is 23.9 Å². The fourth-order valence-corrected chi connectivity index (χ4v) is 3.07. The fourth-order valence-electron chi connectivity index (χ4n) is 2.09. The van der Waals surface area contributed by atoms with Crippen LogP contribution in [0, 0.1) is 5.41 Å². The Labute approximate surface area is 270 Å². The second-order valence-corrected chi connectivity index (χ2v) is 9.16. The Kier molecular flexibility index (Phi) is 28.8. The SMILES string of the molecule is C=CC(=O)O.C=CC(=O)O.C=CC(=O)O.C=CC(=O)OCCO.OCC(CO)(CO)CO.c1ccc2c(c1)Nc1ccccc1S2. The van der Waals surface area contributed by atoms with Crippen LogP contribution in [0.2, 0.25) is 0 Å².